The van der Waals surface area contributed by atoms with E-state index in [9.17, 15) is 19.2 Å². The first-order valence-corrected chi connectivity index (χ1v) is 12.1. The lowest BCUT2D eigenvalue weighted by Gasteiger charge is -2.26. The quantitative estimate of drug-likeness (QED) is 0.301. The number of rotatable bonds is 12. The Bertz CT molecular complexity index is 1280. The van der Waals surface area contributed by atoms with E-state index in [1.54, 1.807) is 18.2 Å². The van der Waals surface area contributed by atoms with Gasteiger partial charge in [0.1, 0.15) is 5.57 Å². The number of benzene rings is 2. The normalized spacial score (nSPS) is 14.4. The lowest BCUT2D eigenvalue weighted by Crippen LogP contribution is -2.53. The zero-order valence-corrected chi connectivity index (χ0v) is 21.8. The second-order valence-electron chi connectivity index (χ2n) is 7.99. The van der Waals surface area contributed by atoms with Gasteiger partial charge >= 0.3 is 12.0 Å². The molecule has 2 aromatic rings. The molecule has 2 aromatic carbocycles. The molecule has 38 heavy (non-hydrogen) atoms. The second kappa shape index (κ2) is 12.8. The molecule has 0 radical (unpaired) electrons. The Balaban J connectivity index is 1.89. The SMILES string of the molecule is CCCOc1ccc(CN2C(=O)NC(=O)/C(=C\c3cc(Cl)c(OCC(=O)O)c(OC)c3)C2=O)cc1OCC. The van der Waals surface area contributed by atoms with Gasteiger partial charge in [-0.2, -0.15) is 0 Å². The van der Waals surface area contributed by atoms with Gasteiger partial charge in [-0.05, 0) is 54.8 Å². The van der Waals surface area contributed by atoms with Gasteiger partial charge in [0.05, 0.1) is 31.9 Å². The molecule has 1 aliphatic heterocycles. The van der Waals surface area contributed by atoms with Crippen molar-refractivity contribution >= 4 is 41.5 Å². The first kappa shape index (κ1) is 28.3. The number of nitrogens with one attached hydrogen (secondary N) is 1. The summed E-state index contributed by atoms with van der Waals surface area (Å²) in [5.41, 5.74) is 0.562. The van der Waals surface area contributed by atoms with Crippen LogP contribution in [-0.2, 0) is 20.9 Å². The molecule has 1 fully saturated rings. The number of methoxy groups -OCH3 is 1. The third-order valence-corrected chi connectivity index (χ3v) is 5.48. The van der Waals surface area contributed by atoms with Crippen molar-refractivity contribution in [1.82, 2.24) is 10.2 Å². The molecule has 2 N–H and O–H groups in total. The summed E-state index contributed by atoms with van der Waals surface area (Å²) in [6, 6.07) is 7.00. The standard InChI is InChI=1S/C26H27ClN2O9/c1-4-8-37-19-7-6-15(11-20(19)36-5-2)13-29-25(33)17(24(32)28-26(29)34)9-16-10-18(27)23(21(12-16)35-3)38-14-22(30)31/h6-7,9-12H,4-5,8,13-14H2,1-3H3,(H,30,31)(H,28,32,34)/b17-9+. The lowest BCUT2D eigenvalue weighted by molar-refractivity contribution is -0.139. The van der Waals surface area contributed by atoms with Crippen LogP contribution in [0.4, 0.5) is 4.79 Å². The van der Waals surface area contributed by atoms with Gasteiger partial charge in [0.2, 0.25) is 0 Å². The first-order valence-electron chi connectivity index (χ1n) is 11.7. The molecule has 1 saturated heterocycles. The third-order valence-electron chi connectivity index (χ3n) is 5.20. The Kier molecular flexibility index (Phi) is 9.55. The Morgan fingerprint density at radius 1 is 1.05 bits per heavy atom. The second-order valence-corrected chi connectivity index (χ2v) is 8.39. The summed E-state index contributed by atoms with van der Waals surface area (Å²) in [5, 5.41) is 11.0. The van der Waals surface area contributed by atoms with Crippen LogP contribution in [0.5, 0.6) is 23.0 Å². The molecule has 0 aromatic heterocycles. The molecule has 11 nitrogen and oxygen atoms in total. The molecule has 202 valence electrons. The maximum atomic E-state index is 13.2. The fourth-order valence-corrected chi connectivity index (χ4v) is 3.81. The summed E-state index contributed by atoms with van der Waals surface area (Å²) in [6.45, 7) is 3.92. The van der Waals surface area contributed by atoms with E-state index in [-0.39, 0.29) is 28.6 Å². The van der Waals surface area contributed by atoms with Crippen LogP contribution in [0.2, 0.25) is 5.02 Å². The summed E-state index contributed by atoms with van der Waals surface area (Å²) in [7, 11) is 1.32. The number of carbonyl (C=O) groups is 4. The van der Waals surface area contributed by atoms with Gasteiger partial charge in [-0.25, -0.2) is 9.59 Å². The number of carbonyl (C=O) groups excluding carboxylic acids is 3. The van der Waals surface area contributed by atoms with Gasteiger partial charge in [0.15, 0.2) is 29.6 Å². The van der Waals surface area contributed by atoms with E-state index in [1.807, 2.05) is 13.8 Å². The van der Waals surface area contributed by atoms with Crippen LogP contribution in [0, 0.1) is 0 Å². The van der Waals surface area contributed by atoms with Crippen molar-refractivity contribution in [1.29, 1.82) is 0 Å². The van der Waals surface area contributed by atoms with Crippen LogP contribution in [0.1, 0.15) is 31.4 Å². The number of hydrogen-bond acceptors (Lipinski definition) is 8. The topological polar surface area (TPSA) is 141 Å². The molecule has 0 saturated carbocycles. The van der Waals surface area contributed by atoms with E-state index in [2.05, 4.69) is 5.32 Å². The summed E-state index contributed by atoms with van der Waals surface area (Å²) >= 11 is 6.23. The van der Waals surface area contributed by atoms with Gasteiger partial charge in [-0.3, -0.25) is 19.8 Å². The summed E-state index contributed by atoms with van der Waals surface area (Å²) in [6.07, 6.45) is 2.06. The van der Waals surface area contributed by atoms with Crippen LogP contribution >= 0.6 is 11.6 Å². The molecule has 0 aliphatic carbocycles. The number of amides is 4. The lowest BCUT2D eigenvalue weighted by atomic mass is 10.1. The number of barbiturate groups is 1. The van der Waals surface area contributed by atoms with Crippen molar-refractivity contribution in [2.45, 2.75) is 26.8 Å². The number of hydrogen-bond donors (Lipinski definition) is 2. The molecule has 0 spiro atoms. The predicted molar refractivity (Wildman–Crippen MR) is 137 cm³/mol. The maximum Gasteiger partial charge on any atom is 0.341 e. The van der Waals surface area contributed by atoms with E-state index in [0.29, 0.717) is 35.8 Å². The number of ether oxygens (including phenoxy) is 4. The van der Waals surface area contributed by atoms with Gasteiger partial charge in [0, 0.05) is 0 Å². The predicted octanol–water partition coefficient (Wildman–Crippen LogP) is 3.66. The third kappa shape index (κ3) is 6.74. The number of urea groups is 1. The van der Waals surface area contributed by atoms with E-state index >= 15 is 0 Å². The van der Waals surface area contributed by atoms with Crippen molar-refractivity contribution < 1.29 is 43.2 Å². The van der Waals surface area contributed by atoms with Crippen LogP contribution < -0.4 is 24.3 Å². The van der Waals surface area contributed by atoms with Crippen molar-refractivity contribution in [3.63, 3.8) is 0 Å². The summed E-state index contributed by atoms with van der Waals surface area (Å²) in [4.78, 5) is 50.1. The number of carboxylic acid groups (broad SMARTS) is 1. The molecule has 0 unspecified atom stereocenters. The maximum absolute atomic E-state index is 13.2. The van der Waals surface area contributed by atoms with Crippen LogP contribution in [-0.4, -0.2) is 60.8 Å². The average Bonchev–Trinajstić information content (AvgIpc) is 2.87. The van der Waals surface area contributed by atoms with Gasteiger partial charge in [-0.15, -0.1) is 0 Å². The fourth-order valence-electron chi connectivity index (χ4n) is 3.53. The van der Waals surface area contributed by atoms with Crippen molar-refractivity contribution in [2.24, 2.45) is 0 Å². The highest BCUT2D eigenvalue weighted by atomic mass is 35.5. The van der Waals surface area contributed by atoms with Crippen LogP contribution in [0.3, 0.4) is 0 Å². The highest BCUT2D eigenvalue weighted by molar-refractivity contribution is 6.33. The largest absolute Gasteiger partial charge is 0.493 e. The highest BCUT2D eigenvalue weighted by Gasteiger charge is 2.36. The molecule has 12 heteroatoms. The molecule has 3 rings (SSSR count). The van der Waals surface area contributed by atoms with E-state index in [1.165, 1.54) is 25.3 Å². The highest BCUT2D eigenvalue weighted by Crippen LogP contribution is 2.37. The smallest absolute Gasteiger partial charge is 0.341 e. The molecule has 4 amide bonds. The van der Waals surface area contributed by atoms with Gasteiger partial charge < -0.3 is 24.1 Å². The van der Waals surface area contributed by atoms with Crippen molar-refractivity contribution in [3.8, 4) is 23.0 Å². The van der Waals surface area contributed by atoms with Gasteiger partial charge in [-0.1, -0.05) is 24.6 Å². The minimum atomic E-state index is -1.21. The minimum absolute atomic E-state index is 0.00267. The fraction of sp³-hybridized carbons (Fsp3) is 0.308. The number of aliphatic carboxylic acids is 1. The molecule has 1 heterocycles. The Morgan fingerprint density at radius 3 is 2.47 bits per heavy atom. The van der Waals surface area contributed by atoms with Crippen molar-refractivity contribution in [3.05, 3.63) is 52.1 Å². The van der Waals surface area contributed by atoms with E-state index in [0.717, 1.165) is 11.3 Å². The minimum Gasteiger partial charge on any atom is -0.493 e. The molecule has 1 aliphatic rings. The Morgan fingerprint density at radius 2 is 1.82 bits per heavy atom. The average molecular weight is 547 g/mol. The van der Waals surface area contributed by atoms with Crippen molar-refractivity contribution in [2.75, 3.05) is 26.9 Å². The Hall–Kier alpha value is -4.25. The number of imide groups is 2. The van der Waals surface area contributed by atoms with Gasteiger partial charge in [0.25, 0.3) is 11.8 Å². The van der Waals surface area contributed by atoms with Crippen LogP contribution in [0.25, 0.3) is 6.08 Å². The van der Waals surface area contributed by atoms with Crippen LogP contribution in [0.15, 0.2) is 35.9 Å². The van der Waals surface area contributed by atoms with E-state index < -0.39 is 30.4 Å². The monoisotopic (exact) mass is 546 g/mol. The Labute approximate surface area is 223 Å². The number of halogens is 1. The zero-order chi connectivity index (χ0) is 27.8. The molecular formula is C26H27ClN2O9. The molecular weight excluding hydrogens is 520 g/mol. The summed E-state index contributed by atoms with van der Waals surface area (Å²) < 4.78 is 21.7. The first-order chi connectivity index (χ1) is 18.2. The number of nitrogens with zero attached hydrogens (tertiary/aromatic N) is 1. The number of carboxylic acids is 1. The van der Waals surface area contributed by atoms with E-state index in [4.69, 9.17) is 35.7 Å². The summed E-state index contributed by atoms with van der Waals surface area (Å²) in [5.74, 6) is -1.80. The molecule has 0 atom stereocenters. The zero-order valence-electron chi connectivity index (χ0n) is 21.0. The molecule has 0 bridgehead atoms.